The summed E-state index contributed by atoms with van der Waals surface area (Å²) in [6, 6.07) is 10.1. The Morgan fingerprint density at radius 1 is 1.21 bits per heavy atom. The first-order valence-corrected chi connectivity index (χ1v) is 9.06. The number of carbonyl (C=O) groups is 1. The third-order valence-corrected chi connectivity index (χ3v) is 5.03. The maximum absolute atomic E-state index is 13.6. The van der Waals surface area contributed by atoms with Crippen LogP contribution < -0.4 is 0 Å². The zero-order valence-corrected chi connectivity index (χ0v) is 15.2. The van der Waals surface area contributed by atoms with E-state index in [1.807, 2.05) is 29.7 Å². The van der Waals surface area contributed by atoms with Gasteiger partial charge >= 0.3 is 0 Å². The Balaban J connectivity index is 1.46. The zero-order valence-electron chi connectivity index (χ0n) is 15.2. The number of halogens is 1. The van der Waals surface area contributed by atoms with Gasteiger partial charge in [0.2, 0.25) is 0 Å². The van der Waals surface area contributed by atoms with Gasteiger partial charge in [0, 0.05) is 36.5 Å². The van der Waals surface area contributed by atoms with Crippen LogP contribution in [0.2, 0.25) is 0 Å². The van der Waals surface area contributed by atoms with Crippen LogP contribution in [0.15, 0.2) is 53.3 Å². The van der Waals surface area contributed by atoms with E-state index in [9.17, 15) is 9.18 Å². The van der Waals surface area contributed by atoms with Gasteiger partial charge in [-0.3, -0.25) is 4.79 Å². The molecule has 6 nitrogen and oxygen atoms in total. The number of imidazole rings is 1. The van der Waals surface area contributed by atoms with Gasteiger partial charge in [-0.2, -0.15) is 0 Å². The number of rotatable bonds is 2. The molecule has 0 spiro atoms. The van der Waals surface area contributed by atoms with Crippen LogP contribution in [0.1, 0.15) is 27.4 Å². The van der Waals surface area contributed by atoms with Gasteiger partial charge in [-0.05, 0) is 30.7 Å². The molecule has 3 aromatic heterocycles. The molecule has 0 saturated heterocycles. The van der Waals surface area contributed by atoms with E-state index in [1.165, 1.54) is 12.1 Å². The van der Waals surface area contributed by atoms with Gasteiger partial charge in [0.05, 0.1) is 6.54 Å². The largest absolute Gasteiger partial charge is 0.360 e. The lowest BCUT2D eigenvalue weighted by Gasteiger charge is -2.25. The topological polar surface area (TPSA) is 63.6 Å². The third-order valence-electron chi connectivity index (χ3n) is 5.03. The van der Waals surface area contributed by atoms with Crippen LogP contribution in [0.5, 0.6) is 0 Å². The molecule has 1 aliphatic rings. The summed E-state index contributed by atoms with van der Waals surface area (Å²) in [6.07, 6.45) is 4.26. The van der Waals surface area contributed by atoms with E-state index < -0.39 is 0 Å². The summed E-state index contributed by atoms with van der Waals surface area (Å²) in [5.41, 5.74) is 4.27. The molecule has 0 N–H and O–H groups in total. The Kier molecular flexibility index (Phi) is 3.75. The van der Waals surface area contributed by atoms with Gasteiger partial charge in [-0.25, -0.2) is 9.37 Å². The van der Waals surface area contributed by atoms with Crippen molar-refractivity contribution in [3.05, 3.63) is 77.2 Å². The van der Waals surface area contributed by atoms with Gasteiger partial charge < -0.3 is 13.8 Å². The zero-order chi connectivity index (χ0) is 19.3. The Morgan fingerprint density at radius 3 is 2.96 bits per heavy atom. The van der Waals surface area contributed by atoms with Crippen LogP contribution >= 0.6 is 0 Å². The average molecular weight is 376 g/mol. The summed E-state index contributed by atoms with van der Waals surface area (Å²) < 4.78 is 20.9. The van der Waals surface area contributed by atoms with Crippen LogP contribution in [-0.2, 0) is 13.0 Å². The van der Waals surface area contributed by atoms with Gasteiger partial charge in [0.15, 0.2) is 0 Å². The van der Waals surface area contributed by atoms with Gasteiger partial charge in [0.1, 0.15) is 28.6 Å². The highest BCUT2D eigenvalue weighted by atomic mass is 19.1. The van der Waals surface area contributed by atoms with E-state index >= 15 is 0 Å². The lowest BCUT2D eigenvalue weighted by atomic mass is 10.0. The van der Waals surface area contributed by atoms with E-state index in [1.54, 1.807) is 23.2 Å². The summed E-state index contributed by atoms with van der Waals surface area (Å²) in [6.45, 7) is 2.87. The highest BCUT2D eigenvalue weighted by Crippen LogP contribution is 2.30. The summed E-state index contributed by atoms with van der Waals surface area (Å²) in [4.78, 5) is 19.2. The van der Waals surface area contributed by atoms with Gasteiger partial charge in [-0.1, -0.05) is 23.4 Å². The first-order valence-electron chi connectivity index (χ1n) is 9.06. The van der Waals surface area contributed by atoms with Crippen molar-refractivity contribution in [2.24, 2.45) is 0 Å². The highest BCUT2D eigenvalue weighted by Gasteiger charge is 2.29. The molecule has 0 atom stereocenters. The first kappa shape index (κ1) is 16.7. The van der Waals surface area contributed by atoms with Crippen molar-refractivity contribution in [2.45, 2.75) is 19.9 Å². The molecule has 140 valence electrons. The fourth-order valence-electron chi connectivity index (χ4n) is 3.61. The number of amides is 1. The van der Waals surface area contributed by atoms with Crippen LogP contribution in [0.25, 0.3) is 16.9 Å². The fourth-order valence-corrected chi connectivity index (χ4v) is 3.61. The van der Waals surface area contributed by atoms with E-state index in [-0.39, 0.29) is 11.7 Å². The average Bonchev–Trinajstić information content (AvgIpc) is 3.30. The van der Waals surface area contributed by atoms with Crippen LogP contribution in [0, 0.1) is 12.7 Å². The monoisotopic (exact) mass is 376 g/mol. The number of hydrogen-bond donors (Lipinski definition) is 0. The van der Waals surface area contributed by atoms with Crippen molar-refractivity contribution in [3.8, 4) is 11.3 Å². The number of nitrogens with zero attached hydrogens (tertiary/aromatic N) is 4. The fraction of sp³-hybridized carbons (Fsp3) is 0.190. The highest BCUT2D eigenvalue weighted by molar-refractivity contribution is 5.93. The molecule has 28 heavy (non-hydrogen) atoms. The molecule has 0 radical (unpaired) electrons. The predicted molar refractivity (Wildman–Crippen MR) is 100 cm³/mol. The number of hydrogen-bond acceptors (Lipinski definition) is 4. The summed E-state index contributed by atoms with van der Waals surface area (Å²) in [7, 11) is 0. The van der Waals surface area contributed by atoms with E-state index in [2.05, 4.69) is 10.1 Å². The van der Waals surface area contributed by atoms with Crippen LogP contribution in [0.4, 0.5) is 4.39 Å². The molecular formula is C21H17FN4O2. The van der Waals surface area contributed by atoms with Crippen LogP contribution in [0.3, 0.4) is 0 Å². The molecule has 1 amide bonds. The smallest absolute Gasteiger partial charge is 0.274 e. The molecule has 1 aromatic carbocycles. The van der Waals surface area contributed by atoms with Gasteiger partial charge in [0.25, 0.3) is 5.91 Å². The molecule has 1 aliphatic heterocycles. The number of fused-ring (bicyclic) bond motifs is 2. The van der Waals surface area contributed by atoms with Crippen molar-refractivity contribution in [1.82, 2.24) is 19.4 Å². The summed E-state index contributed by atoms with van der Waals surface area (Å²) in [5, 5.41) is 4.12. The lowest BCUT2D eigenvalue weighted by Crippen LogP contribution is -2.35. The molecule has 5 rings (SSSR count). The molecule has 4 heterocycles. The number of aryl methyl sites for hydroxylation is 1. The Hall–Kier alpha value is -3.48. The maximum atomic E-state index is 13.6. The standard InChI is InChI=1S/C21H17FN4O2/c1-13-5-6-19-23-17(12-26(19)10-13)21(27)25-8-7-18-16(11-25)20(24-28-18)14-3-2-4-15(22)9-14/h2-6,9-10,12H,7-8,11H2,1H3. The Labute approximate surface area is 160 Å². The van der Waals surface area contributed by atoms with Crippen molar-refractivity contribution in [1.29, 1.82) is 0 Å². The van der Waals surface area contributed by atoms with E-state index in [4.69, 9.17) is 4.52 Å². The van der Waals surface area contributed by atoms with Crippen molar-refractivity contribution in [3.63, 3.8) is 0 Å². The minimum Gasteiger partial charge on any atom is -0.360 e. The molecule has 0 saturated carbocycles. The normalized spacial score (nSPS) is 13.7. The molecule has 7 heteroatoms. The summed E-state index contributed by atoms with van der Waals surface area (Å²) in [5.74, 6) is 0.269. The first-order chi connectivity index (χ1) is 13.6. The summed E-state index contributed by atoms with van der Waals surface area (Å²) >= 11 is 0. The number of aromatic nitrogens is 3. The quantitative estimate of drug-likeness (QED) is 0.536. The second-order valence-corrected chi connectivity index (χ2v) is 7.02. The SMILES string of the molecule is Cc1ccc2nc(C(=O)N3CCc4onc(-c5cccc(F)c5)c4C3)cn2c1. The number of pyridine rings is 1. The Morgan fingerprint density at radius 2 is 2.11 bits per heavy atom. The molecule has 0 fully saturated rings. The Bertz CT molecular complexity index is 1210. The second-order valence-electron chi connectivity index (χ2n) is 7.02. The minimum atomic E-state index is -0.335. The molecule has 0 unspecified atom stereocenters. The van der Waals surface area contributed by atoms with Crippen molar-refractivity contribution in [2.75, 3.05) is 6.54 Å². The molecule has 4 aromatic rings. The molecule has 0 aliphatic carbocycles. The predicted octanol–water partition coefficient (Wildman–Crippen LogP) is 3.64. The molecular weight excluding hydrogens is 359 g/mol. The third kappa shape index (κ3) is 2.76. The van der Waals surface area contributed by atoms with Crippen LogP contribution in [-0.4, -0.2) is 31.9 Å². The number of benzene rings is 1. The van der Waals surface area contributed by atoms with Gasteiger partial charge in [-0.15, -0.1) is 0 Å². The van der Waals surface area contributed by atoms with Crippen molar-refractivity contribution < 1.29 is 13.7 Å². The minimum absolute atomic E-state index is 0.140. The van der Waals surface area contributed by atoms with Crippen molar-refractivity contribution >= 4 is 11.6 Å². The lowest BCUT2D eigenvalue weighted by molar-refractivity contribution is 0.0724. The second kappa shape index (κ2) is 6.30. The molecule has 0 bridgehead atoms. The van der Waals surface area contributed by atoms with E-state index in [0.717, 1.165) is 22.5 Å². The number of carbonyl (C=O) groups excluding carboxylic acids is 1. The van der Waals surface area contributed by atoms with E-state index in [0.29, 0.717) is 36.5 Å². The maximum Gasteiger partial charge on any atom is 0.274 e.